The topological polar surface area (TPSA) is 62.2 Å². The van der Waals surface area contributed by atoms with E-state index in [1.807, 2.05) is 42.5 Å². The number of amides is 1. The van der Waals surface area contributed by atoms with E-state index in [1.165, 1.54) is 6.20 Å². The lowest BCUT2D eigenvalue weighted by molar-refractivity contribution is -0.117. The van der Waals surface area contributed by atoms with Crippen LogP contribution in [-0.2, 0) is 4.79 Å². The van der Waals surface area contributed by atoms with Crippen LogP contribution in [0.2, 0.25) is 0 Å². The van der Waals surface area contributed by atoms with Crippen LogP contribution in [-0.4, -0.2) is 22.0 Å². The predicted octanol–water partition coefficient (Wildman–Crippen LogP) is 3.64. The van der Waals surface area contributed by atoms with Gasteiger partial charge in [0.1, 0.15) is 5.75 Å². The highest BCUT2D eigenvalue weighted by Crippen LogP contribution is 2.32. The molecule has 24 heavy (non-hydrogen) atoms. The second kappa shape index (κ2) is 7.77. The third-order valence-electron chi connectivity index (χ3n) is 4.49. The molecule has 1 fully saturated rings. The number of carbonyl (C=O) groups is 1. The van der Waals surface area contributed by atoms with E-state index in [2.05, 4.69) is 10.3 Å². The molecule has 3 rings (SSSR count). The van der Waals surface area contributed by atoms with Crippen LogP contribution >= 0.6 is 0 Å². The first kappa shape index (κ1) is 16.2. The van der Waals surface area contributed by atoms with Gasteiger partial charge in [-0.2, -0.15) is 0 Å². The van der Waals surface area contributed by atoms with Crippen molar-refractivity contribution in [2.24, 2.45) is 0 Å². The van der Waals surface area contributed by atoms with Crippen molar-refractivity contribution in [1.29, 1.82) is 0 Å². The summed E-state index contributed by atoms with van der Waals surface area (Å²) in [6.45, 7) is 0. The Labute approximate surface area is 142 Å². The Morgan fingerprint density at radius 3 is 2.50 bits per heavy atom. The molecule has 1 amide bonds. The number of aromatic hydroxyl groups is 1. The predicted molar refractivity (Wildman–Crippen MR) is 94.5 cm³/mol. The van der Waals surface area contributed by atoms with E-state index in [0.717, 1.165) is 36.9 Å². The zero-order valence-electron chi connectivity index (χ0n) is 13.6. The lowest BCUT2D eigenvalue weighted by Crippen LogP contribution is -2.36. The summed E-state index contributed by atoms with van der Waals surface area (Å²) in [6, 6.07) is 13.6. The summed E-state index contributed by atoms with van der Waals surface area (Å²) >= 11 is 0. The quantitative estimate of drug-likeness (QED) is 0.845. The minimum Gasteiger partial charge on any atom is -0.506 e. The molecule has 0 radical (unpaired) electrons. The van der Waals surface area contributed by atoms with Gasteiger partial charge in [0.25, 0.3) is 0 Å². The van der Waals surface area contributed by atoms with Crippen LogP contribution in [0.4, 0.5) is 0 Å². The minimum atomic E-state index is -0.0370. The molecule has 0 bridgehead atoms. The fourth-order valence-corrected chi connectivity index (χ4v) is 3.16. The van der Waals surface area contributed by atoms with E-state index in [4.69, 9.17) is 0 Å². The maximum atomic E-state index is 12.0. The van der Waals surface area contributed by atoms with E-state index in [0.29, 0.717) is 5.92 Å². The molecule has 0 saturated heterocycles. The molecule has 1 aliphatic carbocycles. The monoisotopic (exact) mass is 322 g/mol. The zero-order valence-corrected chi connectivity index (χ0v) is 13.6. The zero-order chi connectivity index (χ0) is 16.8. The molecule has 0 unspecified atom stereocenters. The first-order valence-corrected chi connectivity index (χ1v) is 8.39. The van der Waals surface area contributed by atoms with Crippen LogP contribution in [0, 0.1) is 0 Å². The van der Waals surface area contributed by atoms with Gasteiger partial charge in [-0.25, -0.2) is 0 Å². The van der Waals surface area contributed by atoms with Gasteiger partial charge in [0, 0.05) is 23.7 Å². The van der Waals surface area contributed by atoms with Gasteiger partial charge in [0.15, 0.2) is 0 Å². The molecule has 1 aliphatic rings. The van der Waals surface area contributed by atoms with Gasteiger partial charge in [-0.3, -0.25) is 9.78 Å². The first-order valence-electron chi connectivity index (χ1n) is 8.39. The lowest BCUT2D eigenvalue weighted by Gasteiger charge is -2.28. The highest BCUT2D eigenvalue weighted by atomic mass is 16.3. The van der Waals surface area contributed by atoms with Crippen molar-refractivity contribution in [3.05, 3.63) is 66.0 Å². The highest BCUT2D eigenvalue weighted by Gasteiger charge is 2.23. The van der Waals surface area contributed by atoms with E-state index >= 15 is 0 Å². The molecule has 2 N–H and O–H groups in total. The first-order chi connectivity index (χ1) is 11.7. The third-order valence-corrected chi connectivity index (χ3v) is 4.49. The number of aromatic nitrogens is 1. The second-order valence-electron chi connectivity index (χ2n) is 6.24. The Morgan fingerprint density at radius 1 is 1.08 bits per heavy atom. The van der Waals surface area contributed by atoms with Crippen LogP contribution in [0.15, 0.2) is 54.7 Å². The molecule has 0 atom stereocenters. The number of pyridine rings is 1. The highest BCUT2D eigenvalue weighted by molar-refractivity contribution is 5.91. The van der Waals surface area contributed by atoms with Crippen LogP contribution in [0.1, 0.15) is 42.9 Å². The van der Waals surface area contributed by atoms with Crippen molar-refractivity contribution in [2.45, 2.75) is 37.6 Å². The Bertz CT molecular complexity index is 687. The van der Waals surface area contributed by atoms with Crippen molar-refractivity contribution < 1.29 is 9.90 Å². The molecular weight excluding hydrogens is 300 g/mol. The van der Waals surface area contributed by atoms with E-state index in [1.54, 1.807) is 12.1 Å². The van der Waals surface area contributed by atoms with Crippen LogP contribution in [0.25, 0.3) is 6.08 Å². The summed E-state index contributed by atoms with van der Waals surface area (Å²) in [5.41, 5.74) is 2.05. The Hall–Kier alpha value is -2.62. The van der Waals surface area contributed by atoms with E-state index < -0.39 is 0 Å². The summed E-state index contributed by atoms with van der Waals surface area (Å²) in [5, 5.41) is 12.4. The van der Waals surface area contributed by atoms with Crippen LogP contribution in [0.5, 0.6) is 5.75 Å². The van der Waals surface area contributed by atoms with Gasteiger partial charge >= 0.3 is 0 Å². The number of carbonyl (C=O) groups excluding carboxylic acids is 1. The molecule has 1 aromatic carbocycles. The molecule has 0 aliphatic heterocycles. The molecule has 1 heterocycles. The van der Waals surface area contributed by atoms with Gasteiger partial charge < -0.3 is 10.4 Å². The van der Waals surface area contributed by atoms with Crippen LogP contribution < -0.4 is 5.32 Å². The lowest BCUT2D eigenvalue weighted by atomic mass is 9.84. The van der Waals surface area contributed by atoms with E-state index in [-0.39, 0.29) is 17.7 Å². The second-order valence-corrected chi connectivity index (χ2v) is 6.24. The maximum Gasteiger partial charge on any atom is 0.244 e. The number of hydrogen-bond acceptors (Lipinski definition) is 3. The molecule has 4 nitrogen and oxygen atoms in total. The summed E-state index contributed by atoms with van der Waals surface area (Å²) in [5.74, 6) is 0.577. The Kier molecular flexibility index (Phi) is 5.26. The molecular formula is C20H22N2O2. The summed E-state index contributed by atoms with van der Waals surface area (Å²) in [6.07, 6.45) is 8.86. The van der Waals surface area contributed by atoms with Gasteiger partial charge in [-0.05, 0) is 49.5 Å². The van der Waals surface area contributed by atoms with Gasteiger partial charge in [0.2, 0.25) is 5.91 Å². The standard InChI is InChI=1S/C20H22N2O2/c23-18-11-12-19(21-14-18)16-7-9-17(10-8-16)22-20(24)13-6-15-4-2-1-3-5-15/h1-6,11-14,16-17,23H,7-10H2,(H,22,24). The molecule has 1 aromatic heterocycles. The van der Waals surface area contributed by atoms with Crippen LogP contribution in [0.3, 0.4) is 0 Å². The summed E-state index contributed by atoms with van der Waals surface area (Å²) < 4.78 is 0. The van der Waals surface area contributed by atoms with E-state index in [9.17, 15) is 9.90 Å². The van der Waals surface area contributed by atoms with Crippen molar-refractivity contribution in [3.63, 3.8) is 0 Å². The van der Waals surface area contributed by atoms with Crippen molar-refractivity contribution in [2.75, 3.05) is 0 Å². The fraction of sp³-hybridized carbons (Fsp3) is 0.300. The number of rotatable bonds is 4. The molecule has 1 saturated carbocycles. The summed E-state index contributed by atoms with van der Waals surface area (Å²) in [7, 11) is 0. The largest absolute Gasteiger partial charge is 0.506 e. The van der Waals surface area contributed by atoms with Gasteiger partial charge in [-0.15, -0.1) is 0 Å². The van der Waals surface area contributed by atoms with Crippen molar-refractivity contribution in [1.82, 2.24) is 10.3 Å². The van der Waals surface area contributed by atoms with Gasteiger partial charge in [-0.1, -0.05) is 30.3 Å². The summed E-state index contributed by atoms with van der Waals surface area (Å²) in [4.78, 5) is 16.3. The molecule has 0 spiro atoms. The maximum absolute atomic E-state index is 12.0. The number of benzene rings is 1. The third kappa shape index (κ3) is 4.44. The number of nitrogens with zero attached hydrogens (tertiary/aromatic N) is 1. The SMILES string of the molecule is O=C(C=Cc1ccccc1)NC1CCC(c2ccc(O)cn2)CC1. The smallest absolute Gasteiger partial charge is 0.244 e. The van der Waals surface area contributed by atoms with Crippen molar-refractivity contribution in [3.8, 4) is 5.75 Å². The van der Waals surface area contributed by atoms with Gasteiger partial charge in [0.05, 0.1) is 6.20 Å². The molecule has 2 aromatic rings. The van der Waals surface area contributed by atoms with Crippen molar-refractivity contribution >= 4 is 12.0 Å². The molecule has 124 valence electrons. The number of nitrogens with one attached hydrogen (secondary N) is 1. The Balaban J connectivity index is 1.47. The molecule has 4 heteroatoms. The minimum absolute atomic E-state index is 0.0370. The average Bonchev–Trinajstić information content (AvgIpc) is 2.62. The normalized spacial score (nSPS) is 20.8. The fourth-order valence-electron chi connectivity index (χ4n) is 3.16. The number of hydrogen-bond donors (Lipinski definition) is 2. The Morgan fingerprint density at radius 2 is 1.83 bits per heavy atom. The average molecular weight is 322 g/mol.